The molecule has 0 radical (unpaired) electrons. The molecule has 1 saturated heterocycles. The molecule has 0 N–H and O–H groups in total. The van der Waals surface area contributed by atoms with E-state index in [1.807, 2.05) is 0 Å². The summed E-state index contributed by atoms with van der Waals surface area (Å²) in [6, 6.07) is 0. The van der Waals surface area contributed by atoms with E-state index in [4.69, 9.17) is 4.74 Å². The van der Waals surface area contributed by atoms with Gasteiger partial charge in [0.05, 0.1) is 5.60 Å². The predicted molar refractivity (Wildman–Crippen MR) is 66.8 cm³/mol. The van der Waals surface area contributed by atoms with Gasteiger partial charge in [-0.05, 0) is 37.5 Å². The Bertz CT molecular complexity index is 326. The fourth-order valence-corrected chi connectivity index (χ4v) is 3.88. The van der Waals surface area contributed by atoms with Gasteiger partial charge in [0.25, 0.3) is 0 Å². The van der Waals surface area contributed by atoms with Gasteiger partial charge in [-0.2, -0.15) is 0 Å². The molecular formula is C15H24O2. The normalized spacial score (nSPS) is 38.2. The maximum absolute atomic E-state index is 12.5. The minimum Gasteiger partial charge on any atom is -0.375 e. The van der Waals surface area contributed by atoms with E-state index in [0.717, 1.165) is 25.9 Å². The van der Waals surface area contributed by atoms with E-state index in [-0.39, 0.29) is 11.0 Å². The topological polar surface area (TPSA) is 26.3 Å². The van der Waals surface area contributed by atoms with Crippen LogP contribution in [0.1, 0.15) is 58.8 Å². The summed E-state index contributed by atoms with van der Waals surface area (Å²) in [5, 5.41) is 0. The molecule has 1 aliphatic heterocycles. The van der Waals surface area contributed by atoms with Gasteiger partial charge in [0.2, 0.25) is 0 Å². The molecule has 2 heteroatoms. The molecule has 2 unspecified atom stereocenters. The van der Waals surface area contributed by atoms with Crippen molar-refractivity contribution in [2.75, 3.05) is 6.61 Å². The Morgan fingerprint density at radius 3 is 2.41 bits per heavy atom. The van der Waals surface area contributed by atoms with E-state index in [1.54, 1.807) is 0 Å². The summed E-state index contributed by atoms with van der Waals surface area (Å²) >= 11 is 0. The van der Waals surface area contributed by atoms with E-state index in [1.165, 1.54) is 25.7 Å². The van der Waals surface area contributed by atoms with E-state index < -0.39 is 0 Å². The summed E-state index contributed by atoms with van der Waals surface area (Å²) < 4.78 is 6.01. The molecule has 2 nitrogen and oxygen atoms in total. The van der Waals surface area contributed by atoms with Gasteiger partial charge in [0.15, 0.2) is 0 Å². The predicted octanol–water partition coefficient (Wildman–Crippen LogP) is 3.34. The molecule has 1 spiro atoms. The van der Waals surface area contributed by atoms with Crippen molar-refractivity contribution in [3.05, 3.63) is 0 Å². The molecule has 0 bridgehead atoms. The first kappa shape index (κ1) is 11.7. The molecule has 96 valence electrons. The van der Waals surface area contributed by atoms with Crippen molar-refractivity contribution >= 4 is 5.78 Å². The highest BCUT2D eigenvalue weighted by atomic mass is 16.5. The van der Waals surface area contributed by atoms with Gasteiger partial charge >= 0.3 is 0 Å². The Balaban J connectivity index is 1.66. The van der Waals surface area contributed by atoms with Crippen LogP contribution in [0, 0.1) is 17.3 Å². The van der Waals surface area contributed by atoms with Crippen LogP contribution in [0.5, 0.6) is 0 Å². The number of ether oxygens (including phenoxy) is 1. The molecule has 1 heterocycles. The number of carbonyl (C=O) groups excluding carboxylic acids is 1. The maximum atomic E-state index is 12.5. The second-order valence-electron chi connectivity index (χ2n) is 7.08. The number of rotatable bonds is 2. The molecule has 17 heavy (non-hydrogen) atoms. The lowest BCUT2D eigenvalue weighted by molar-refractivity contribution is -0.138. The van der Waals surface area contributed by atoms with Gasteiger partial charge in [0, 0.05) is 18.4 Å². The third-order valence-electron chi connectivity index (χ3n) is 5.27. The van der Waals surface area contributed by atoms with Crippen molar-refractivity contribution < 1.29 is 9.53 Å². The van der Waals surface area contributed by atoms with Gasteiger partial charge in [-0.25, -0.2) is 0 Å². The lowest BCUT2D eigenvalue weighted by Crippen LogP contribution is -2.40. The van der Waals surface area contributed by atoms with Crippen LogP contribution in [-0.4, -0.2) is 18.0 Å². The summed E-state index contributed by atoms with van der Waals surface area (Å²) in [5.74, 6) is 1.20. The molecule has 0 aromatic rings. The molecular weight excluding hydrogens is 212 g/mol. The monoisotopic (exact) mass is 236 g/mol. The average molecular weight is 236 g/mol. The molecule has 0 aromatic carbocycles. The third-order valence-corrected chi connectivity index (χ3v) is 5.27. The van der Waals surface area contributed by atoms with Crippen molar-refractivity contribution in [2.24, 2.45) is 17.3 Å². The number of Topliss-reactive ketones (excluding diaryl/α,β-unsaturated/α-hetero) is 1. The fourth-order valence-electron chi connectivity index (χ4n) is 3.88. The van der Waals surface area contributed by atoms with Crippen LogP contribution in [0.15, 0.2) is 0 Å². The minimum atomic E-state index is 0.0949. The van der Waals surface area contributed by atoms with E-state index in [2.05, 4.69) is 13.8 Å². The van der Waals surface area contributed by atoms with Crippen LogP contribution in [-0.2, 0) is 9.53 Å². The molecule has 3 fully saturated rings. The van der Waals surface area contributed by atoms with Gasteiger partial charge in [0.1, 0.15) is 5.78 Å². The van der Waals surface area contributed by atoms with Gasteiger partial charge < -0.3 is 4.74 Å². The van der Waals surface area contributed by atoms with Crippen LogP contribution in [0.25, 0.3) is 0 Å². The van der Waals surface area contributed by atoms with Crippen LogP contribution in [0.2, 0.25) is 0 Å². The summed E-state index contributed by atoms with van der Waals surface area (Å²) in [7, 11) is 0. The molecule has 2 aliphatic carbocycles. The number of hydrogen-bond donors (Lipinski definition) is 0. The molecule has 0 aromatic heterocycles. The zero-order chi connectivity index (χ0) is 12.1. The molecule has 0 amide bonds. The number of ketones is 1. The zero-order valence-electron chi connectivity index (χ0n) is 11.1. The first-order valence-electron chi connectivity index (χ1n) is 7.20. The van der Waals surface area contributed by atoms with Crippen LogP contribution in [0.3, 0.4) is 0 Å². The van der Waals surface area contributed by atoms with Crippen molar-refractivity contribution in [1.82, 2.24) is 0 Å². The second-order valence-corrected chi connectivity index (χ2v) is 7.08. The Morgan fingerprint density at radius 2 is 1.82 bits per heavy atom. The van der Waals surface area contributed by atoms with Gasteiger partial charge in [-0.1, -0.05) is 26.7 Å². The first-order chi connectivity index (χ1) is 8.03. The summed E-state index contributed by atoms with van der Waals surface area (Å²) in [4.78, 5) is 12.5. The van der Waals surface area contributed by atoms with Crippen LogP contribution in [0.4, 0.5) is 0 Å². The summed E-state index contributed by atoms with van der Waals surface area (Å²) in [5.41, 5.74) is 0.385. The van der Waals surface area contributed by atoms with Crippen molar-refractivity contribution in [3.8, 4) is 0 Å². The summed E-state index contributed by atoms with van der Waals surface area (Å²) in [6.07, 6.45) is 8.03. The first-order valence-corrected chi connectivity index (χ1v) is 7.20. The quantitative estimate of drug-likeness (QED) is 0.735. The van der Waals surface area contributed by atoms with Crippen molar-refractivity contribution in [2.45, 2.75) is 64.4 Å². The number of hydrogen-bond acceptors (Lipinski definition) is 2. The Hall–Kier alpha value is -0.370. The van der Waals surface area contributed by atoms with Gasteiger partial charge in [-0.3, -0.25) is 4.79 Å². The average Bonchev–Trinajstić information content (AvgIpc) is 2.71. The van der Waals surface area contributed by atoms with E-state index in [0.29, 0.717) is 17.6 Å². The molecule has 3 aliphatic rings. The molecule has 3 rings (SSSR count). The highest BCUT2D eigenvalue weighted by molar-refractivity contribution is 5.86. The van der Waals surface area contributed by atoms with E-state index in [9.17, 15) is 4.79 Å². The largest absolute Gasteiger partial charge is 0.375 e. The standard InChI is InChI=1S/C15H24O2/c1-14(2)10-12(14)13(16)11-5-8-17-15(9-11)6-3-4-7-15/h11-12H,3-10H2,1-2H3. The lowest BCUT2D eigenvalue weighted by Gasteiger charge is -2.38. The Morgan fingerprint density at radius 1 is 1.18 bits per heavy atom. The summed E-state index contributed by atoms with van der Waals surface area (Å²) in [6.45, 7) is 5.25. The molecule has 2 atom stereocenters. The Labute approximate surface area is 104 Å². The fraction of sp³-hybridized carbons (Fsp3) is 0.933. The molecule has 2 saturated carbocycles. The van der Waals surface area contributed by atoms with Crippen molar-refractivity contribution in [1.29, 1.82) is 0 Å². The minimum absolute atomic E-state index is 0.0949. The highest BCUT2D eigenvalue weighted by Crippen LogP contribution is 2.54. The SMILES string of the molecule is CC1(C)CC1C(=O)C1CCOC2(CCCC2)C1. The highest BCUT2D eigenvalue weighted by Gasteiger charge is 2.53. The smallest absolute Gasteiger partial charge is 0.139 e. The maximum Gasteiger partial charge on any atom is 0.139 e. The number of carbonyl (C=O) groups is 1. The van der Waals surface area contributed by atoms with E-state index >= 15 is 0 Å². The zero-order valence-corrected chi connectivity index (χ0v) is 11.1. The van der Waals surface area contributed by atoms with Crippen LogP contribution < -0.4 is 0 Å². The van der Waals surface area contributed by atoms with Crippen LogP contribution >= 0.6 is 0 Å². The second kappa shape index (κ2) is 3.81. The van der Waals surface area contributed by atoms with Gasteiger partial charge in [-0.15, -0.1) is 0 Å². The lowest BCUT2D eigenvalue weighted by atomic mass is 9.80. The Kier molecular flexibility index (Phi) is 2.62. The van der Waals surface area contributed by atoms with Crippen molar-refractivity contribution in [3.63, 3.8) is 0 Å². The third kappa shape index (κ3) is 2.05.